The molecule has 0 saturated heterocycles. The lowest BCUT2D eigenvalue weighted by Crippen LogP contribution is -2.38. The van der Waals surface area contributed by atoms with Crippen molar-refractivity contribution in [2.24, 2.45) is 0 Å². The van der Waals surface area contributed by atoms with E-state index in [0.717, 1.165) is 6.42 Å². The van der Waals surface area contributed by atoms with Crippen LogP contribution in [0.4, 0.5) is 26.3 Å². The molecule has 2 nitrogen and oxygen atoms in total. The Morgan fingerprint density at radius 3 is 1.89 bits per heavy atom. The number of alkyl halides is 6. The van der Waals surface area contributed by atoms with Crippen molar-refractivity contribution in [1.29, 1.82) is 0 Å². The van der Waals surface area contributed by atoms with Crippen molar-refractivity contribution in [3.8, 4) is 11.1 Å². The van der Waals surface area contributed by atoms with Gasteiger partial charge in [0.15, 0.2) is 0 Å². The smallest absolute Gasteiger partial charge is 0.395 e. The Morgan fingerprint density at radius 2 is 1.46 bits per heavy atom. The minimum absolute atomic E-state index is 0.286. The highest BCUT2D eigenvalue weighted by Crippen LogP contribution is 2.35. The van der Waals surface area contributed by atoms with Crippen molar-refractivity contribution in [1.82, 2.24) is 0 Å². The van der Waals surface area contributed by atoms with E-state index in [-0.39, 0.29) is 6.08 Å². The number of hydrogen-bond acceptors (Lipinski definition) is 2. The van der Waals surface area contributed by atoms with Gasteiger partial charge in [-0.25, -0.2) is 9.18 Å². The highest BCUT2D eigenvalue weighted by molar-refractivity contribution is 5.81. The van der Waals surface area contributed by atoms with Crippen molar-refractivity contribution in [3.63, 3.8) is 0 Å². The maximum Gasteiger partial charge on any atom is 0.432 e. The molecule has 0 amide bonds. The second-order valence-electron chi connectivity index (χ2n) is 5.96. The van der Waals surface area contributed by atoms with Gasteiger partial charge in [-0.05, 0) is 28.7 Å². The minimum Gasteiger partial charge on any atom is -0.395 e. The minimum atomic E-state index is -5.11. The van der Waals surface area contributed by atoms with Crippen LogP contribution in [0.3, 0.4) is 0 Å². The molecule has 0 aliphatic heterocycles. The molecular formula is C20H16F6O2. The third-order valence-electron chi connectivity index (χ3n) is 3.88. The number of carbonyl (C=O) groups is 1. The Labute approximate surface area is 157 Å². The van der Waals surface area contributed by atoms with Crippen molar-refractivity contribution >= 4 is 5.97 Å². The van der Waals surface area contributed by atoms with Crippen LogP contribution in [0.25, 0.3) is 11.1 Å². The van der Waals surface area contributed by atoms with Crippen LogP contribution >= 0.6 is 0 Å². The quantitative estimate of drug-likeness (QED) is 0.311. The van der Waals surface area contributed by atoms with Crippen LogP contribution in [0.15, 0.2) is 61.2 Å². The summed E-state index contributed by atoms with van der Waals surface area (Å²) in [5.74, 6) is -1.70. The van der Waals surface area contributed by atoms with E-state index in [9.17, 15) is 31.1 Å². The monoisotopic (exact) mass is 402 g/mol. The third-order valence-corrected chi connectivity index (χ3v) is 3.88. The SMILES string of the molecule is C=CC(=O)OC(F)(F)C(F)CC(F)(F)F.c1ccc2c(c1)Cc1ccccc1-2. The molecule has 28 heavy (non-hydrogen) atoms. The molecule has 3 rings (SSSR count). The van der Waals surface area contributed by atoms with Gasteiger partial charge in [0.05, 0.1) is 6.42 Å². The van der Waals surface area contributed by atoms with Gasteiger partial charge in [0.25, 0.3) is 0 Å². The second kappa shape index (κ2) is 8.50. The van der Waals surface area contributed by atoms with E-state index in [0.29, 0.717) is 0 Å². The molecule has 0 aromatic heterocycles. The van der Waals surface area contributed by atoms with E-state index >= 15 is 0 Å². The largest absolute Gasteiger partial charge is 0.432 e. The van der Waals surface area contributed by atoms with Crippen LogP contribution in [-0.2, 0) is 16.0 Å². The molecule has 1 aliphatic rings. The summed E-state index contributed by atoms with van der Waals surface area (Å²) in [6.07, 6.45) is -14.6. The lowest BCUT2D eigenvalue weighted by molar-refractivity contribution is -0.274. The topological polar surface area (TPSA) is 26.3 Å². The van der Waals surface area contributed by atoms with Gasteiger partial charge in [0.1, 0.15) is 0 Å². The van der Waals surface area contributed by atoms with Crippen LogP contribution in [0, 0.1) is 0 Å². The van der Waals surface area contributed by atoms with Crippen molar-refractivity contribution in [3.05, 3.63) is 72.3 Å². The van der Waals surface area contributed by atoms with Crippen LogP contribution in [0.2, 0.25) is 0 Å². The fraction of sp³-hybridized carbons (Fsp3) is 0.250. The summed E-state index contributed by atoms with van der Waals surface area (Å²) >= 11 is 0. The number of hydrogen-bond donors (Lipinski definition) is 0. The molecule has 150 valence electrons. The molecule has 0 radical (unpaired) electrons. The summed E-state index contributed by atoms with van der Waals surface area (Å²) in [5.41, 5.74) is 5.75. The molecule has 0 heterocycles. The van der Waals surface area contributed by atoms with E-state index in [1.54, 1.807) is 0 Å². The molecular weight excluding hydrogens is 386 g/mol. The van der Waals surface area contributed by atoms with Gasteiger partial charge in [0, 0.05) is 6.08 Å². The van der Waals surface area contributed by atoms with E-state index in [2.05, 4.69) is 59.8 Å². The van der Waals surface area contributed by atoms with E-state index in [1.807, 2.05) is 0 Å². The Kier molecular flexibility index (Phi) is 6.53. The van der Waals surface area contributed by atoms with Crippen LogP contribution < -0.4 is 0 Å². The first-order chi connectivity index (χ1) is 13.0. The molecule has 0 N–H and O–H groups in total. The summed E-state index contributed by atoms with van der Waals surface area (Å²) in [6.45, 7) is 2.73. The molecule has 1 aliphatic carbocycles. The highest BCUT2D eigenvalue weighted by Gasteiger charge is 2.49. The lowest BCUT2D eigenvalue weighted by Gasteiger charge is -2.20. The predicted octanol–water partition coefficient (Wildman–Crippen LogP) is 5.86. The van der Waals surface area contributed by atoms with Gasteiger partial charge in [0.2, 0.25) is 6.17 Å². The number of rotatable bonds is 4. The summed E-state index contributed by atoms with van der Waals surface area (Å²) < 4.78 is 74.9. The van der Waals surface area contributed by atoms with Gasteiger partial charge in [-0.2, -0.15) is 22.0 Å². The highest BCUT2D eigenvalue weighted by atomic mass is 19.4. The molecule has 0 spiro atoms. The average Bonchev–Trinajstić information content (AvgIpc) is 2.99. The molecule has 1 atom stereocenters. The maximum atomic E-state index is 12.4. The van der Waals surface area contributed by atoms with Crippen molar-refractivity contribution in [2.45, 2.75) is 31.3 Å². The fourth-order valence-electron chi connectivity index (χ4n) is 2.64. The number of carbonyl (C=O) groups excluding carboxylic acids is 1. The first-order valence-electron chi connectivity index (χ1n) is 8.13. The molecule has 0 fully saturated rings. The molecule has 0 saturated carbocycles. The van der Waals surface area contributed by atoms with Gasteiger partial charge in [-0.3, -0.25) is 0 Å². The number of esters is 1. The standard InChI is InChI=1S/C13H10.C7H6F6O2/c1-3-7-12-10(5-1)9-11-6-2-4-8-13(11)12;1-2-5(14)15-7(12,13)4(8)3-6(9,10)11/h1-8H,9H2;2,4H,1,3H2. The molecule has 2 aromatic rings. The van der Waals surface area contributed by atoms with Gasteiger partial charge < -0.3 is 4.74 Å². The summed E-state index contributed by atoms with van der Waals surface area (Å²) in [5, 5.41) is 0. The Morgan fingerprint density at radius 1 is 1.00 bits per heavy atom. The molecule has 2 aromatic carbocycles. The lowest BCUT2D eigenvalue weighted by atomic mass is 10.1. The zero-order valence-electron chi connectivity index (χ0n) is 14.5. The number of benzene rings is 2. The van der Waals surface area contributed by atoms with E-state index < -0.39 is 30.8 Å². The fourth-order valence-corrected chi connectivity index (χ4v) is 2.64. The summed E-state index contributed by atoms with van der Waals surface area (Å²) in [4.78, 5) is 10.2. The third kappa shape index (κ3) is 5.61. The normalized spacial score (nSPS) is 13.5. The molecule has 8 heteroatoms. The number of fused-ring (bicyclic) bond motifs is 3. The molecule has 0 bridgehead atoms. The van der Waals surface area contributed by atoms with Crippen LogP contribution in [-0.4, -0.2) is 24.4 Å². The Hall–Kier alpha value is -2.77. The number of ether oxygens (including phenoxy) is 1. The van der Waals surface area contributed by atoms with E-state index in [4.69, 9.17) is 0 Å². The van der Waals surface area contributed by atoms with Gasteiger partial charge in [-0.15, -0.1) is 0 Å². The summed E-state index contributed by atoms with van der Waals surface area (Å²) in [6, 6.07) is 17.3. The maximum absolute atomic E-state index is 12.4. The second-order valence-corrected chi connectivity index (χ2v) is 5.96. The first kappa shape index (κ1) is 21.5. The number of halogens is 6. The van der Waals surface area contributed by atoms with Crippen molar-refractivity contribution in [2.75, 3.05) is 0 Å². The summed E-state index contributed by atoms with van der Waals surface area (Å²) in [7, 11) is 0. The first-order valence-corrected chi connectivity index (χ1v) is 8.13. The van der Waals surface area contributed by atoms with Crippen molar-refractivity contribution < 1.29 is 35.9 Å². The predicted molar refractivity (Wildman–Crippen MR) is 91.5 cm³/mol. The van der Waals surface area contributed by atoms with Crippen LogP contribution in [0.1, 0.15) is 17.5 Å². The van der Waals surface area contributed by atoms with Gasteiger partial charge in [-0.1, -0.05) is 55.1 Å². The van der Waals surface area contributed by atoms with E-state index in [1.165, 1.54) is 22.3 Å². The van der Waals surface area contributed by atoms with Crippen LogP contribution in [0.5, 0.6) is 0 Å². The van der Waals surface area contributed by atoms with Gasteiger partial charge >= 0.3 is 18.3 Å². The zero-order chi connectivity index (χ0) is 20.9. The average molecular weight is 402 g/mol. The zero-order valence-corrected chi connectivity index (χ0v) is 14.5. The Bertz CT molecular complexity index is 801. The Balaban J connectivity index is 0.000000201. The molecule has 1 unspecified atom stereocenters.